The highest BCUT2D eigenvalue weighted by Gasteiger charge is 2.30. The van der Waals surface area contributed by atoms with Crippen LogP contribution >= 0.6 is 0 Å². The lowest BCUT2D eigenvalue weighted by atomic mass is 10.1. The summed E-state index contributed by atoms with van der Waals surface area (Å²) in [6, 6.07) is 14.3. The standard InChI is InChI=1S/C21H24N4O2/c1-24(19-14-27-15-20(19)26)12-18-13-25(11-16-6-3-2-4-7-16)23-21(18)17-8-5-9-22-10-17/h2-10,13,19-20,26H,11-12,14-15H2,1H3/t19-,20-/m1/s1. The highest BCUT2D eigenvalue weighted by atomic mass is 16.5. The van der Waals surface area contributed by atoms with Crippen molar-refractivity contribution in [3.8, 4) is 11.3 Å². The molecule has 6 heteroatoms. The van der Waals surface area contributed by atoms with E-state index in [0.717, 1.165) is 16.8 Å². The minimum absolute atomic E-state index is 0.00391. The molecule has 4 rings (SSSR count). The Morgan fingerprint density at radius 3 is 2.74 bits per heavy atom. The summed E-state index contributed by atoms with van der Waals surface area (Å²) in [7, 11) is 2.02. The number of likely N-dealkylation sites (N-methyl/N-ethyl adjacent to an activating group) is 1. The van der Waals surface area contributed by atoms with Gasteiger partial charge in [0.15, 0.2) is 0 Å². The first-order valence-corrected chi connectivity index (χ1v) is 9.17. The fourth-order valence-corrected chi connectivity index (χ4v) is 3.51. The first-order chi connectivity index (χ1) is 13.2. The van der Waals surface area contributed by atoms with Crippen molar-refractivity contribution < 1.29 is 9.84 Å². The van der Waals surface area contributed by atoms with E-state index in [2.05, 4.69) is 28.2 Å². The predicted octanol–water partition coefficient (Wildman–Crippen LogP) is 2.18. The summed E-state index contributed by atoms with van der Waals surface area (Å²) in [6.45, 7) is 2.35. The number of aliphatic hydroxyl groups is 1. The van der Waals surface area contributed by atoms with E-state index in [1.54, 1.807) is 6.20 Å². The predicted molar refractivity (Wildman–Crippen MR) is 103 cm³/mol. The average molecular weight is 364 g/mol. The highest BCUT2D eigenvalue weighted by Crippen LogP contribution is 2.24. The van der Waals surface area contributed by atoms with Gasteiger partial charge >= 0.3 is 0 Å². The summed E-state index contributed by atoms with van der Waals surface area (Å²) in [5.41, 5.74) is 4.24. The summed E-state index contributed by atoms with van der Waals surface area (Å²) in [5, 5.41) is 15.0. The van der Waals surface area contributed by atoms with Gasteiger partial charge in [-0.3, -0.25) is 14.6 Å². The molecule has 1 N–H and O–H groups in total. The van der Waals surface area contributed by atoms with Crippen molar-refractivity contribution >= 4 is 0 Å². The average Bonchev–Trinajstić information content (AvgIpc) is 3.29. The molecule has 0 aliphatic carbocycles. The van der Waals surface area contributed by atoms with E-state index in [0.29, 0.717) is 26.3 Å². The maximum atomic E-state index is 10.1. The molecule has 1 aliphatic rings. The van der Waals surface area contributed by atoms with Gasteiger partial charge in [-0.1, -0.05) is 30.3 Å². The first-order valence-electron chi connectivity index (χ1n) is 9.17. The topological polar surface area (TPSA) is 63.4 Å². The van der Waals surface area contributed by atoms with Crippen LogP contribution in [0.5, 0.6) is 0 Å². The zero-order valence-corrected chi connectivity index (χ0v) is 15.4. The van der Waals surface area contributed by atoms with Crippen molar-refractivity contribution in [1.29, 1.82) is 0 Å². The SMILES string of the molecule is CN(Cc1cn(Cc2ccccc2)nc1-c1cccnc1)[C@@H]1COC[C@H]1O. The molecule has 1 aliphatic heterocycles. The second-order valence-electron chi connectivity index (χ2n) is 7.02. The molecule has 140 valence electrons. The number of hydrogen-bond donors (Lipinski definition) is 1. The quantitative estimate of drug-likeness (QED) is 0.726. The molecular weight excluding hydrogens is 340 g/mol. The summed E-state index contributed by atoms with van der Waals surface area (Å²) in [5.74, 6) is 0. The lowest BCUT2D eigenvalue weighted by Crippen LogP contribution is -2.39. The number of benzene rings is 1. The maximum absolute atomic E-state index is 10.1. The van der Waals surface area contributed by atoms with E-state index in [-0.39, 0.29) is 6.04 Å². The fourth-order valence-electron chi connectivity index (χ4n) is 3.51. The maximum Gasteiger partial charge on any atom is 0.0983 e. The molecule has 27 heavy (non-hydrogen) atoms. The van der Waals surface area contributed by atoms with Crippen LogP contribution in [-0.4, -0.2) is 57.2 Å². The van der Waals surface area contributed by atoms with Crippen LogP contribution in [0, 0.1) is 0 Å². The van der Waals surface area contributed by atoms with Gasteiger partial charge in [-0.25, -0.2) is 0 Å². The molecule has 6 nitrogen and oxygen atoms in total. The van der Waals surface area contributed by atoms with Gasteiger partial charge in [0.25, 0.3) is 0 Å². The van der Waals surface area contributed by atoms with Crippen molar-refractivity contribution in [1.82, 2.24) is 19.7 Å². The monoisotopic (exact) mass is 364 g/mol. The third-order valence-corrected chi connectivity index (χ3v) is 4.97. The molecule has 0 saturated carbocycles. The van der Waals surface area contributed by atoms with E-state index in [1.165, 1.54) is 5.56 Å². The highest BCUT2D eigenvalue weighted by molar-refractivity contribution is 5.61. The minimum atomic E-state index is -0.448. The summed E-state index contributed by atoms with van der Waals surface area (Å²) >= 11 is 0. The molecule has 3 aromatic rings. The van der Waals surface area contributed by atoms with E-state index in [9.17, 15) is 5.11 Å². The lowest BCUT2D eigenvalue weighted by Gasteiger charge is -2.25. The molecule has 1 fully saturated rings. The zero-order chi connectivity index (χ0) is 18.6. The van der Waals surface area contributed by atoms with Gasteiger partial charge in [0.1, 0.15) is 0 Å². The van der Waals surface area contributed by atoms with Gasteiger partial charge in [-0.05, 0) is 24.7 Å². The molecule has 1 aromatic carbocycles. The van der Waals surface area contributed by atoms with Crippen LogP contribution in [0.15, 0.2) is 61.1 Å². The Balaban J connectivity index is 1.62. The Morgan fingerprint density at radius 2 is 2.04 bits per heavy atom. The van der Waals surface area contributed by atoms with Crippen LogP contribution in [0.4, 0.5) is 0 Å². The van der Waals surface area contributed by atoms with Crippen LogP contribution in [0.2, 0.25) is 0 Å². The zero-order valence-electron chi connectivity index (χ0n) is 15.4. The second kappa shape index (κ2) is 8.00. The Hall–Kier alpha value is -2.54. The van der Waals surface area contributed by atoms with E-state index < -0.39 is 6.10 Å². The minimum Gasteiger partial charge on any atom is -0.389 e. The number of hydrogen-bond acceptors (Lipinski definition) is 5. The van der Waals surface area contributed by atoms with Crippen LogP contribution in [0.3, 0.4) is 0 Å². The lowest BCUT2D eigenvalue weighted by molar-refractivity contribution is 0.0926. The van der Waals surface area contributed by atoms with Crippen molar-refractivity contribution in [2.75, 3.05) is 20.3 Å². The molecule has 0 bridgehead atoms. The number of rotatable bonds is 6. The Labute approximate surface area is 159 Å². The first kappa shape index (κ1) is 17.9. The van der Waals surface area contributed by atoms with E-state index >= 15 is 0 Å². The molecule has 0 spiro atoms. The van der Waals surface area contributed by atoms with Crippen molar-refractivity contribution in [3.63, 3.8) is 0 Å². The third-order valence-electron chi connectivity index (χ3n) is 4.97. The normalized spacial score (nSPS) is 19.7. The molecule has 0 amide bonds. The van der Waals surface area contributed by atoms with Gasteiger partial charge in [0.05, 0.1) is 37.6 Å². The molecule has 1 saturated heterocycles. The van der Waals surface area contributed by atoms with Crippen LogP contribution in [0.25, 0.3) is 11.3 Å². The number of ether oxygens (including phenoxy) is 1. The van der Waals surface area contributed by atoms with Crippen LogP contribution in [-0.2, 0) is 17.8 Å². The second-order valence-corrected chi connectivity index (χ2v) is 7.02. The van der Waals surface area contributed by atoms with Crippen LogP contribution < -0.4 is 0 Å². The summed E-state index contributed by atoms with van der Waals surface area (Å²) < 4.78 is 7.38. The molecule has 3 heterocycles. The molecule has 2 atom stereocenters. The molecule has 2 aromatic heterocycles. The largest absolute Gasteiger partial charge is 0.389 e. The van der Waals surface area contributed by atoms with Crippen LogP contribution in [0.1, 0.15) is 11.1 Å². The van der Waals surface area contributed by atoms with E-state index in [4.69, 9.17) is 9.84 Å². The number of nitrogens with zero attached hydrogens (tertiary/aromatic N) is 4. The molecular formula is C21H24N4O2. The van der Waals surface area contributed by atoms with Crippen molar-refractivity contribution in [3.05, 3.63) is 72.2 Å². The van der Waals surface area contributed by atoms with Gasteiger partial charge in [0.2, 0.25) is 0 Å². The van der Waals surface area contributed by atoms with Crippen molar-refractivity contribution in [2.45, 2.75) is 25.2 Å². The molecule has 0 unspecified atom stereocenters. The smallest absolute Gasteiger partial charge is 0.0983 e. The third kappa shape index (κ3) is 4.08. The number of pyridine rings is 1. The summed E-state index contributed by atoms with van der Waals surface area (Å²) in [6.07, 6.45) is 5.25. The summed E-state index contributed by atoms with van der Waals surface area (Å²) in [4.78, 5) is 6.38. The Kier molecular flexibility index (Phi) is 5.29. The van der Waals surface area contributed by atoms with Gasteiger partial charge < -0.3 is 9.84 Å². The van der Waals surface area contributed by atoms with Crippen molar-refractivity contribution in [2.24, 2.45) is 0 Å². The number of aromatic nitrogens is 3. The fraction of sp³-hybridized carbons (Fsp3) is 0.333. The molecule has 0 radical (unpaired) electrons. The van der Waals surface area contributed by atoms with Gasteiger partial charge in [-0.15, -0.1) is 0 Å². The Bertz CT molecular complexity index is 866. The van der Waals surface area contributed by atoms with Gasteiger partial charge in [0, 0.05) is 36.3 Å². The Morgan fingerprint density at radius 1 is 1.19 bits per heavy atom. The number of aliphatic hydroxyl groups excluding tert-OH is 1. The van der Waals surface area contributed by atoms with Gasteiger partial charge in [-0.2, -0.15) is 5.10 Å². The van der Waals surface area contributed by atoms with E-state index in [1.807, 2.05) is 48.3 Å².